The molecule has 0 heterocycles. The average Bonchev–Trinajstić information content (AvgIpc) is 2.09. The van der Waals surface area contributed by atoms with Gasteiger partial charge in [0.25, 0.3) is 0 Å². The van der Waals surface area contributed by atoms with Crippen molar-refractivity contribution in [1.82, 2.24) is 5.32 Å². The Balaban J connectivity index is 2.84. The third-order valence-electron chi connectivity index (χ3n) is 1.52. The SMILES string of the molecule is CNCCOCCCOCC(C)C. The van der Waals surface area contributed by atoms with Crippen molar-refractivity contribution >= 4 is 0 Å². The van der Waals surface area contributed by atoms with Crippen LogP contribution in [0.5, 0.6) is 0 Å². The van der Waals surface area contributed by atoms with Crippen LogP contribution >= 0.6 is 0 Å². The Morgan fingerprint density at radius 3 is 2.38 bits per heavy atom. The highest BCUT2D eigenvalue weighted by Crippen LogP contribution is 1.93. The van der Waals surface area contributed by atoms with Crippen molar-refractivity contribution in [3.63, 3.8) is 0 Å². The van der Waals surface area contributed by atoms with Gasteiger partial charge in [0.05, 0.1) is 6.61 Å². The van der Waals surface area contributed by atoms with Crippen LogP contribution in [-0.2, 0) is 9.47 Å². The molecule has 0 aromatic carbocycles. The van der Waals surface area contributed by atoms with Gasteiger partial charge in [0.1, 0.15) is 0 Å². The molecule has 0 fully saturated rings. The van der Waals surface area contributed by atoms with Crippen molar-refractivity contribution in [2.75, 3.05) is 40.0 Å². The number of ether oxygens (including phenoxy) is 2. The zero-order chi connectivity index (χ0) is 9.94. The lowest BCUT2D eigenvalue weighted by Crippen LogP contribution is -2.15. The predicted molar refractivity (Wildman–Crippen MR) is 55.0 cm³/mol. The van der Waals surface area contributed by atoms with Gasteiger partial charge in [-0.1, -0.05) is 13.8 Å². The third-order valence-corrected chi connectivity index (χ3v) is 1.52. The summed E-state index contributed by atoms with van der Waals surface area (Å²) in [6.45, 7) is 8.51. The normalized spacial score (nSPS) is 11.1. The Morgan fingerprint density at radius 1 is 1.08 bits per heavy atom. The molecule has 0 rings (SSSR count). The first-order valence-corrected chi connectivity index (χ1v) is 5.07. The molecule has 0 unspecified atom stereocenters. The molecule has 3 heteroatoms. The van der Waals surface area contributed by atoms with Crippen LogP contribution in [0.25, 0.3) is 0 Å². The standard InChI is InChI=1S/C10H23NO2/c1-10(2)9-13-7-4-6-12-8-5-11-3/h10-11H,4-9H2,1-3H3. The van der Waals surface area contributed by atoms with Crippen molar-refractivity contribution in [3.05, 3.63) is 0 Å². The fourth-order valence-corrected chi connectivity index (χ4v) is 0.858. The monoisotopic (exact) mass is 189 g/mol. The zero-order valence-corrected chi connectivity index (χ0v) is 9.14. The van der Waals surface area contributed by atoms with Gasteiger partial charge in [0.15, 0.2) is 0 Å². The van der Waals surface area contributed by atoms with E-state index in [9.17, 15) is 0 Å². The maximum atomic E-state index is 5.41. The van der Waals surface area contributed by atoms with Gasteiger partial charge in [-0.05, 0) is 19.4 Å². The summed E-state index contributed by atoms with van der Waals surface area (Å²) in [5.41, 5.74) is 0. The molecule has 0 radical (unpaired) electrons. The van der Waals surface area contributed by atoms with Crippen molar-refractivity contribution in [2.45, 2.75) is 20.3 Å². The predicted octanol–water partition coefficient (Wildman–Crippen LogP) is 1.29. The second kappa shape index (κ2) is 9.96. The van der Waals surface area contributed by atoms with E-state index in [-0.39, 0.29) is 0 Å². The quantitative estimate of drug-likeness (QED) is 0.554. The second-order valence-corrected chi connectivity index (χ2v) is 3.54. The highest BCUT2D eigenvalue weighted by atomic mass is 16.5. The van der Waals surface area contributed by atoms with Crippen LogP contribution in [-0.4, -0.2) is 40.0 Å². The first-order valence-electron chi connectivity index (χ1n) is 5.07. The topological polar surface area (TPSA) is 30.5 Å². The Bertz CT molecular complexity index is 96.9. The van der Waals surface area contributed by atoms with Crippen LogP contribution in [0.2, 0.25) is 0 Å². The number of nitrogens with one attached hydrogen (secondary N) is 1. The van der Waals surface area contributed by atoms with Crippen molar-refractivity contribution in [3.8, 4) is 0 Å². The van der Waals surface area contributed by atoms with E-state index in [0.29, 0.717) is 5.92 Å². The molecule has 0 aliphatic heterocycles. The third kappa shape index (κ3) is 11.9. The van der Waals surface area contributed by atoms with E-state index in [1.54, 1.807) is 0 Å². The molecule has 13 heavy (non-hydrogen) atoms. The number of likely N-dealkylation sites (N-methyl/N-ethyl adjacent to an activating group) is 1. The molecular weight excluding hydrogens is 166 g/mol. The molecule has 0 atom stereocenters. The second-order valence-electron chi connectivity index (χ2n) is 3.54. The molecule has 3 nitrogen and oxygen atoms in total. The highest BCUT2D eigenvalue weighted by molar-refractivity contribution is 4.41. The Kier molecular flexibility index (Phi) is 9.87. The molecule has 0 aromatic rings. The Labute approximate surface area is 81.8 Å². The summed E-state index contributed by atoms with van der Waals surface area (Å²) in [5, 5.41) is 3.03. The van der Waals surface area contributed by atoms with Gasteiger partial charge in [-0.2, -0.15) is 0 Å². The summed E-state index contributed by atoms with van der Waals surface area (Å²) in [5.74, 6) is 0.630. The molecule has 1 N–H and O–H groups in total. The molecule has 0 aromatic heterocycles. The fraction of sp³-hybridized carbons (Fsp3) is 1.00. The largest absolute Gasteiger partial charge is 0.381 e. The summed E-state index contributed by atoms with van der Waals surface area (Å²) in [6, 6.07) is 0. The minimum absolute atomic E-state index is 0.630. The van der Waals surface area contributed by atoms with Gasteiger partial charge >= 0.3 is 0 Å². The first-order chi connectivity index (χ1) is 6.27. The Morgan fingerprint density at radius 2 is 1.77 bits per heavy atom. The van der Waals surface area contributed by atoms with Crippen LogP contribution in [0.15, 0.2) is 0 Å². The minimum Gasteiger partial charge on any atom is -0.381 e. The molecule has 80 valence electrons. The maximum absolute atomic E-state index is 5.41. The van der Waals surface area contributed by atoms with Crippen LogP contribution in [0.1, 0.15) is 20.3 Å². The first kappa shape index (κ1) is 12.9. The van der Waals surface area contributed by atoms with E-state index in [1.807, 2.05) is 7.05 Å². The van der Waals surface area contributed by atoms with Crippen molar-refractivity contribution < 1.29 is 9.47 Å². The molecule has 0 bridgehead atoms. The van der Waals surface area contributed by atoms with E-state index in [1.165, 1.54) is 0 Å². The molecule has 0 spiro atoms. The number of hydrogen-bond acceptors (Lipinski definition) is 3. The lowest BCUT2D eigenvalue weighted by molar-refractivity contribution is 0.0726. The van der Waals surface area contributed by atoms with Gasteiger partial charge in [-0.3, -0.25) is 0 Å². The van der Waals surface area contributed by atoms with Crippen LogP contribution in [0.4, 0.5) is 0 Å². The van der Waals surface area contributed by atoms with Crippen molar-refractivity contribution in [2.24, 2.45) is 5.92 Å². The smallest absolute Gasteiger partial charge is 0.0590 e. The fourth-order valence-electron chi connectivity index (χ4n) is 0.858. The van der Waals surface area contributed by atoms with Crippen LogP contribution < -0.4 is 5.32 Å². The molecule has 0 aliphatic carbocycles. The summed E-state index contributed by atoms with van der Waals surface area (Å²) in [7, 11) is 1.93. The molecule has 0 aliphatic rings. The summed E-state index contributed by atoms with van der Waals surface area (Å²) >= 11 is 0. The minimum atomic E-state index is 0.630. The van der Waals surface area contributed by atoms with E-state index >= 15 is 0 Å². The summed E-state index contributed by atoms with van der Waals surface area (Å²) in [6.07, 6.45) is 0.996. The van der Waals surface area contributed by atoms with Gasteiger partial charge in [0.2, 0.25) is 0 Å². The molecular formula is C10H23NO2. The van der Waals surface area contributed by atoms with E-state index in [4.69, 9.17) is 9.47 Å². The van der Waals surface area contributed by atoms with Crippen LogP contribution in [0.3, 0.4) is 0 Å². The summed E-state index contributed by atoms with van der Waals surface area (Å²) < 4.78 is 10.7. The number of rotatable bonds is 9. The van der Waals surface area contributed by atoms with Gasteiger partial charge in [-0.25, -0.2) is 0 Å². The highest BCUT2D eigenvalue weighted by Gasteiger charge is 1.93. The summed E-state index contributed by atoms with van der Waals surface area (Å²) in [4.78, 5) is 0. The van der Waals surface area contributed by atoms with E-state index in [2.05, 4.69) is 19.2 Å². The van der Waals surface area contributed by atoms with Crippen molar-refractivity contribution in [1.29, 1.82) is 0 Å². The lowest BCUT2D eigenvalue weighted by Gasteiger charge is -2.07. The van der Waals surface area contributed by atoms with Gasteiger partial charge in [0, 0.05) is 26.4 Å². The van der Waals surface area contributed by atoms with Gasteiger partial charge in [-0.15, -0.1) is 0 Å². The zero-order valence-electron chi connectivity index (χ0n) is 9.14. The number of hydrogen-bond donors (Lipinski definition) is 1. The molecule has 0 saturated heterocycles. The maximum Gasteiger partial charge on any atom is 0.0590 e. The average molecular weight is 189 g/mol. The lowest BCUT2D eigenvalue weighted by atomic mass is 10.2. The molecule has 0 saturated carbocycles. The Hall–Kier alpha value is -0.120. The molecule has 0 amide bonds. The van der Waals surface area contributed by atoms with Gasteiger partial charge < -0.3 is 14.8 Å². The van der Waals surface area contributed by atoms with E-state index < -0.39 is 0 Å². The van der Waals surface area contributed by atoms with E-state index in [0.717, 1.165) is 39.4 Å². The van der Waals surface area contributed by atoms with Crippen LogP contribution in [0, 0.1) is 5.92 Å².